The largest absolute Gasteiger partial charge is 0.412 e. The minimum Gasteiger partial charge on any atom is -0.410 e. The number of aromatic amines is 2. The number of nitro groups is 1. The molecule has 6 aliphatic rings. The fourth-order valence-corrected chi connectivity index (χ4v) is 12.0. The number of ether oxygens (including phenoxy) is 1. The Morgan fingerprint density at radius 2 is 1.01 bits per heavy atom. The van der Waals surface area contributed by atoms with Crippen LogP contribution in [0.4, 0.5) is 15.3 Å². The van der Waals surface area contributed by atoms with E-state index in [0.29, 0.717) is 41.1 Å². The lowest BCUT2D eigenvalue weighted by Crippen LogP contribution is -2.57. The summed E-state index contributed by atoms with van der Waals surface area (Å²) in [5, 5.41) is 37.3. The third kappa shape index (κ3) is 8.90. The SMILES string of the molecule is O=C(NC1CC2(C1)CC(c1n[nH]c(=O)c3ccccc13)C2)N1Cc2ccccc2C1.O=C(NC1CC2(C1)CC(c1n[nH]c(=O)c3ccccc13)C2)Oc1ccc([N+](=O)[O-])cc1.c1ccc2c(c1)CNC2. The van der Waals surface area contributed by atoms with Gasteiger partial charge in [0.05, 0.1) is 27.1 Å². The van der Waals surface area contributed by atoms with Crippen LogP contribution in [-0.4, -0.2) is 54.4 Å². The maximum atomic E-state index is 12.7. The van der Waals surface area contributed by atoms with Gasteiger partial charge in [0, 0.05) is 73.0 Å². The molecule has 16 nitrogen and oxygen atoms in total. The molecule has 0 atom stereocenters. The van der Waals surface area contributed by atoms with Gasteiger partial charge in [0.15, 0.2) is 0 Å². The number of aromatic nitrogens is 4. The van der Waals surface area contributed by atoms with E-state index in [1.807, 2.05) is 65.6 Å². The highest BCUT2D eigenvalue weighted by molar-refractivity contribution is 5.85. The monoisotopic (exact) mass is 939 g/mol. The second-order valence-electron chi connectivity index (χ2n) is 20.1. The van der Waals surface area contributed by atoms with Gasteiger partial charge in [0.2, 0.25) is 0 Å². The topological polar surface area (TPSA) is 217 Å². The predicted molar refractivity (Wildman–Crippen MR) is 263 cm³/mol. The Kier molecular flexibility index (Phi) is 11.7. The van der Waals surface area contributed by atoms with Gasteiger partial charge in [-0.25, -0.2) is 19.8 Å². The zero-order chi connectivity index (χ0) is 48.0. The molecule has 4 aliphatic carbocycles. The number of fused-ring (bicyclic) bond motifs is 4. The van der Waals surface area contributed by atoms with Gasteiger partial charge in [0.25, 0.3) is 16.8 Å². The molecule has 4 fully saturated rings. The first kappa shape index (κ1) is 44.8. The van der Waals surface area contributed by atoms with Gasteiger partial charge in [-0.3, -0.25) is 19.7 Å². The minimum atomic E-state index is -0.558. The highest BCUT2D eigenvalue weighted by Gasteiger charge is 2.55. The molecule has 70 heavy (non-hydrogen) atoms. The molecule has 3 amide bonds. The van der Waals surface area contributed by atoms with Crippen LogP contribution in [0.1, 0.15) is 96.8 Å². The summed E-state index contributed by atoms with van der Waals surface area (Å²) in [6.45, 7) is 3.51. The number of nitrogens with zero attached hydrogens (tertiary/aromatic N) is 4. The number of urea groups is 1. The van der Waals surface area contributed by atoms with Crippen LogP contribution in [-0.2, 0) is 26.2 Å². The standard InChI is InChI=1S/C24H24N4O2.C22H20N4O5.C8H9N/c29-22-20-8-4-3-7-19(20)21(26-27-22)17-9-24(10-17)11-18(12-24)25-23(30)28-13-15-5-1-2-6-16(15)14-28;27-20-18-4-2-1-3-17(18)19(24-25-20)13-9-22(10-13)11-14(12-22)23-21(28)31-16-7-5-15(6-8-16)26(29)30;1-2-4-8-6-9-5-7(8)3-1/h1-8,17-18H,9-14H2,(H,25,30)(H,27,29);1-8,13-14H,9-12H2,(H,23,28)(H,25,27);1-4,9H,5-6H2. The summed E-state index contributed by atoms with van der Waals surface area (Å²) in [6.07, 6.45) is 7.39. The first-order valence-corrected chi connectivity index (χ1v) is 24.1. The van der Waals surface area contributed by atoms with E-state index in [2.05, 4.69) is 72.7 Å². The van der Waals surface area contributed by atoms with E-state index in [1.165, 1.54) is 46.5 Å². The van der Waals surface area contributed by atoms with Crippen molar-refractivity contribution in [1.82, 2.24) is 41.2 Å². The number of carbonyl (C=O) groups excluding carboxylic acids is 2. The molecular weight excluding hydrogens is 887 g/mol. The molecule has 5 aromatic carbocycles. The highest BCUT2D eigenvalue weighted by atomic mass is 16.6. The van der Waals surface area contributed by atoms with Gasteiger partial charge in [-0.15, -0.1) is 0 Å². The summed E-state index contributed by atoms with van der Waals surface area (Å²) in [6, 6.07) is 37.8. The second-order valence-corrected chi connectivity index (χ2v) is 20.1. The van der Waals surface area contributed by atoms with Crippen molar-refractivity contribution < 1.29 is 19.2 Å². The molecule has 356 valence electrons. The van der Waals surface area contributed by atoms with E-state index in [0.717, 1.165) is 86.6 Å². The number of hydrogen-bond donors (Lipinski definition) is 5. The summed E-state index contributed by atoms with van der Waals surface area (Å²) in [4.78, 5) is 60.8. The molecule has 5 N–H and O–H groups in total. The molecule has 4 saturated carbocycles. The first-order valence-electron chi connectivity index (χ1n) is 24.1. The quantitative estimate of drug-likeness (QED) is 0.0790. The smallest absolute Gasteiger partial charge is 0.410 e. The molecule has 2 aromatic heterocycles. The van der Waals surface area contributed by atoms with Crippen LogP contribution in [0, 0.1) is 20.9 Å². The van der Waals surface area contributed by atoms with Gasteiger partial charge < -0.3 is 25.6 Å². The zero-order valence-electron chi connectivity index (χ0n) is 38.5. The van der Waals surface area contributed by atoms with Crippen LogP contribution >= 0.6 is 0 Å². The lowest BCUT2D eigenvalue weighted by atomic mass is 9.49. The minimum absolute atomic E-state index is 0.0479. The summed E-state index contributed by atoms with van der Waals surface area (Å²) < 4.78 is 5.21. The second kappa shape index (κ2) is 18.3. The third-order valence-electron chi connectivity index (χ3n) is 15.4. The van der Waals surface area contributed by atoms with Gasteiger partial charge >= 0.3 is 12.1 Å². The van der Waals surface area contributed by atoms with Crippen LogP contribution in [0.2, 0.25) is 0 Å². The van der Waals surface area contributed by atoms with Crippen molar-refractivity contribution in [2.24, 2.45) is 10.8 Å². The summed E-state index contributed by atoms with van der Waals surface area (Å²) in [5.74, 6) is 0.947. The summed E-state index contributed by atoms with van der Waals surface area (Å²) >= 11 is 0. The Bertz CT molecular complexity index is 3210. The van der Waals surface area contributed by atoms with E-state index in [-0.39, 0.29) is 46.1 Å². The predicted octanol–water partition coefficient (Wildman–Crippen LogP) is 8.61. The van der Waals surface area contributed by atoms with Gasteiger partial charge in [-0.05, 0) is 109 Å². The Hall–Kier alpha value is -7.72. The molecule has 2 spiro atoms. The third-order valence-corrected chi connectivity index (χ3v) is 15.4. The van der Waals surface area contributed by atoms with E-state index in [9.17, 15) is 29.3 Å². The Labute approximate surface area is 402 Å². The van der Waals surface area contributed by atoms with Gasteiger partial charge in [-0.1, -0.05) is 84.9 Å². The Morgan fingerprint density at radius 1 is 0.586 bits per heavy atom. The number of carbonyl (C=O) groups is 2. The maximum Gasteiger partial charge on any atom is 0.412 e. The highest BCUT2D eigenvalue weighted by Crippen LogP contribution is 2.63. The van der Waals surface area contributed by atoms with Crippen LogP contribution in [0.3, 0.4) is 0 Å². The van der Waals surface area contributed by atoms with Gasteiger partial charge in [0.1, 0.15) is 5.75 Å². The van der Waals surface area contributed by atoms with Crippen LogP contribution in [0.25, 0.3) is 21.5 Å². The molecule has 13 rings (SSSR count). The Morgan fingerprint density at radius 3 is 1.49 bits per heavy atom. The molecular formula is C54H53N9O7. The van der Waals surface area contributed by atoms with Crippen molar-refractivity contribution in [3.63, 3.8) is 0 Å². The van der Waals surface area contributed by atoms with Crippen molar-refractivity contribution in [2.45, 2.75) is 101 Å². The lowest BCUT2D eigenvalue weighted by Gasteiger charge is -2.57. The molecule has 7 aromatic rings. The van der Waals surface area contributed by atoms with Gasteiger partial charge in [-0.2, -0.15) is 10.2 Å². The fraction of sp³-hybridized carbons (Fsp3) is 0.333. The number of rotatable bonds is 6. The normalized spacial score (nSPS) is 24.3. The molecule has 2 aliphatic heterocycles. The molecule has 0 saturated heterocycles. The molecule has 16 heteroatoms. The van der Waals surface area contributed by atoms with Crippen LogP contribution in [0.15, 0.2) is 131 Å². The summed E-state index contributed by atoms with van der Waals surface area (Å²) in [5.41, 5.74) is 7.54. The fourth-order valence-electron chi connectivity index (χ4n) is 12.0. The van der Waals surface area contributed by atoms with E-state index >= 15 is 0 Å². The van der Waals surface area contributed by atoms with Crippen molar-refractivity contribution in [3.8, 4) is 5.75 Å². The zero-order valence-corrected chi connectivity index (χ0v) is 38.5. The first-order chi connectivity index (χ1) is 34.0. The van der Waals surface area contributed by atoms with E-state index in [4.69, 9.17) is 4.74 Å². The van der Waals surface area contributed by atoms with Crippen molar-refractivity contribution in [1.29, 1.82) is 0 Å². The molecule has 4 heterocycles. The van der Waals surface area contributed by atoms with E-state index < -0.39 is 11.0 Å². The van der Waals surface area contributed by atoms with Crippen LogP contribution < -0.4 is 31.8 Å². The maximum absolute atomic E-state index is 12.7. The number of amides is 3. The van der Waals surface area contributed by atoms with E-state index in [1.54, 1.807) is 0 Å². The number of H-pyrrole nitrogens is 2. The number of nitrogens with one attached hydrogen (secondary N) is 5. The molecule has 0 unspecified atom stereocenters. The molecule has 0 bridgehead atoms. The lowest BCUT2D eigenvalue weighted by molar-refractivity contribution is -0.384. The van der Waals surface area contributed by atoms with Crippen molar-refractivity contribution in [3.05, 3.63) is 186 Å². The molecule has 0 radical (unpaired) electrons. The average molecular weight is 940 g/mol. The number of nitro benzene ring substituents is 1. The van der Waals surface area contributed by atoms with Crippen LogP contribution in [0.5, 0.6) is 5.75 Å². The number of benzene rings is 5. The van der Waals surface area contributed by atoms with Crippen molar-refractivity contribution >= 4 is 39.4 Å². The Balaban J connectivity index is 0.000000129. The van der Waals surface area contributed by atoms with Crippen molar-refractivity contribution in [2.75, 3.05) is 0 Å². The average Bonchev–Trinajstić information content (AvgIpc) is 4.00. The number of non-ortho nitro benzene ring substituents is 1. The number of hydrogen-bond acceptors (Lipinski definition) is 10. The summed E-state index contributed by atoms with van der Waals surface area (Å²) in [7, 11) is 0.